The van der Waals surface area contributed by atoms with E-state index in [1.165, 1.54) is 10.5 Å². The molecule has 0 spiro atoms. The number of alkyl halides is 3. The molecule has 0 aliphatic rings. The zero-order chi connectivity index (χ0) is 14.6. The fourth-order valence-electron chi connectivity index (χ4n) is 1.65. The summed E-state index contributed by atoms with van der Waals surface area (Å²) in [6.45, 7) is 0.457. The Morgan fingerprint density at radius 1 is 1.35 bits per heavy atom. The lowest BCUT2D eigenvalue weighted by Gasteiger charge is -2.07. The Balaban J connectivity index is 1.92. The van der Waals surface area contributed by atoms with Gasteiger partial charge in [-0.2, -0.15) is 13.2 Å². The minimum Gasteiger partial charge on any atom is -0.310 e. The summed E-state index contributed by atoms with van der Waals surface area (Å²) in [6.07, 6.45) is 1.61. The first-order chi connectivity index (χ1) is 9.46. The minimum absolute atomic E-state index is 0.0733. The van der Waals surface area contributed by atoms with Crippen LogP contribution >= 0.6 is 11.8 Å². The number of hydrogen-bond donors (Lipinski definition) is 1. The quantitative estimate of drug-likeness (QED) is 0.859. The maximum atomic E-state index is 11.9. The number of thioether (sulfide) groups is 1. The number of pyridine rings is 1. The van der Waals surface area contributed by atoms with Gasteiger partial charge < -0.3 is 5.32 Å². The summed E-state index contributed by atoms with van der Waals surface area (Å²) in [5.41, 5.74) is -3.39. The van der Waals surface area contributed by atoms with Crippen molar-refractivity contribution >= 4 is 17.4 Å². The van der Waals surface area contributed by atoms with E-state index in [0.29, 0.717) is 11.3 Å². The molecule has 0 saturated carbocycles. The van der Waals surface area contributed by atoms with Crippen molar-refractivity contribution in [3.8, 4) is 0 Å². The van der Waals surface area contributed by atoms with Crippen molar-refractivity contribution in [3.05, 3.63) is 46.5 Å². The van der Waals surface area contributed by atoms with E-state index in [-0.39, 0.29) is 36.2 Å². The van der Waals surface area contributed by atoms with Crippen molar-refractivity contribution in [1.29, 1.82) is 0 Å². The van der Waals surface area contributed by atoms with Gasteiger partial charge in [-0.15, -0.1) is 0 Å². The van der Waals surface area contributed by atoms with E-state index in [2.05, 4.69) is 10.3 Å². The molecule has 1 N–H and O–H groups in total. The van der Waals surface area contributed by atoms with Crippen LogP contribution < -0.4 is 10.9 Å². The van der Waals surface area contributed by atoms with Crippen molar-refractivity contribution in [2.24, 2.45) is 0 Å². The van der Waals surface area contributed by atoms with Crippen LogP contribution in [0.5, 0.6) is 0 Å². The number of hydrogen-bond acceptors (Lipinski definition) is 4. The van der Waals surface area contributed by atoms with Crippen LogP contribution in [0.4, 0.5) is 13.2 Å². The molecule has 4 nitrogen and oxygen atoms in total. The normalized spacial score (nSPS) is 11.9. The van der Waals surface area contributed by atoms with Gasteiger partial charge in [-0.05, 0) is 23.9 Å². The molecule has 2 aromatic rings. The number of nitrogens with zero attached hydrogens (tertiary/aromatic N) is 2. The second-order valence-electron chi connectivity index (χ2n) is 3.99. The number of rotatable bonds is 5. The lowest BCUT2D eigenvalue weighted by molar-refractivity contribution is -0.0327. The number of nitrogens with one attached hydrogen (secondary N) is 1. The largest absolute Gasteiger partial charge is 0.441 e. The first kappa shape index (κ1) is 14.9. The third-order valence-corrected chi connectivity index (χ3v) is 3.21. The molecule has 2 rings (SSSR count). The van der Waals surface area contributed by atoms with Gasteiger partial charge in [0.05, 0.1) is 5.69 Å². The highest BCUT2D eigenvalue weighted by atomic mass is 32.2. The molecule has 2 heterocycles. The molecule has 0 amide bonds. The third kappa shape index (κ3) is 4.24. The molecule has 108 valence electrons. The highest BCUT2D eigenvalue weighted by Crippen LogP contribution is 2.29. The predicted molar refractivity (Wildman–Crippen MR) is 71.7 cm³/mol. The molecule has 0 aromatic carbocycles. The van der Waals surface area contributed by atoms with Gasteiger partial charge in [0.1, 0.15) is 5.65 Å². The van der Waals surface area contributed by atoms with Gasteiger partial charge in [0, 0.05) is 31.1 Å². The number of fused-ring (bicyclic) bond motifs is 1. The van der Waals surface area contributed by atoms with Crippen molar-refractivity contribution in [3.63, 3.8) is 0 Å². The second kappa shape index (κ2) is 6.27. The summed E-state index contributed by atoms with van der Waals surface area (Å²) in [6, 6.07) is 6.56. The SMILES string of the molecule is O=c1cc(CNCCSC(F)(F)F)nc2ccccn12. The first-order valence-electron chi connectivity index (χ1n) is 5.84. The van der Waals surface area contributed by atoms with Gasteiger partial charge in [0.25, 0.3) is 5.56 Å². The summed E-state index contributed by atoms with van der Waals surface area (Å²) >= 11 is -0.0743. The Kier molecular flexibility index (Phi) is 4.66. The lowest BCUT2D eigenvalue weighted by Crippen LogP contribution is -2.22. The Morgan fingerprint density at radius 2 is 2.15 bits per heavy atom. The van der Waals surface area contributed by atoms with Crippen LogP contribution in [0.2, 0.25) is 0 Å². The second-order valence-corrected chi connectivity index (χ2v) is 5.15. The Labute approximate surface area is 117 Å². The van der Waals surface area contributed by atoms with E-state index in [1.807, 2.05) is 0 Å². The Hall–Kier alpha value is -1.54. The highest BCUT2D eigenvalue weighted by molar-refractivity contribution is 8.00. The van der Waals surface area contributed by atoms with E-state index < -0.39 is 5.51 Å². The van der Waals surface area contributed by atoms with Gasteiger partial charge in [0.15, 0.2) is 0 Å². The van der Waals surface area contributed by atoms with Crippen LogP contribution in [0.3, 0.4) is 0 Å². The van der Waals surface area contributed by atoms with Crippen molar-refractivity contribution in [1.82, 2.24) is 14.7 Å². The average Bonchev–Trinajstić information content (AvgIpc) is 2.37. The Bertz CT molecular complexity index is 642. The lowest BCUT2D eigenvalue weighted by atomic mass is 10.3. The summed E-state index contributed by atoms with van der Waals surface area (Å²) in [7, 11) is 0. The van der Waals surface area contributed by atoms with Crippen LogP contribution in [0.15, 0.2) is 35.3 Å². The van der Waals surface area contributed by atoms with Crippen LogP contribution in [0, 0.1) is 0 Å². The summed E-state index contributed by atoms with van der Waals surface area (Å²) in [4.78, 5) is 16.0. The van der Waals surface area contributed by atoms with Gasteiger partial charge in [-0.3, -0.25) is 9.20 Å². The monoisotopic (exact) mass is 303 g/mol. The molecule has 0 bridgehead atoms. The van der Waals surface area contributed by atoms with Gasteiger partial charge in [0.2, 0.25) is 0 Å². The fraction of sp³-hybridized carbons (Fsp3) is 0.333. The van der Waals surface area contributed by atoms with Crippen LogP contribution in [-0.4, -0.2) is 27.2 Å². The molecule has 2 aromatic heterocycles. The summed E-state index contributed by atoms with van der Waals surface area (Å²) in [5, 5.41) is 2.83. The van der Waals surface area contributed by atoms with Crippen LogP contribution in [-0.2, 0) is 6.54 Å². The maximum Gasteiger partial charge on any atom is 0.441 e. The zero-order valence-corrected chi connectivity index (χ0v) is 11.2. The van der Waals surface area contributed by atoms with Gasteiger partial charge >= 0.3 is 5.51 Å². The van der Waals surface area contributed by atoms with E-state index in [0.717, 1.165) is 0 Å². The zero-order valence-electron chi connectivity index (χ0n) is 10.4. The van der Waals surface area contributed by atoms with E-state index in [1.54, 1.807) is 24.4 Å². The maximum absolute atomic E-state index is 11.9. The van der Waals surface area contributed by atoms with E-state index in [9.17, 15) is 18.0 Å². The molecule has 0 radical (unpaired) electrons. The number of aromatic nitrogens is 2. The molecule has 0 fully saturated rings. The molecule has 0 unspecified atom stereocenters. The molecular formula is C12H12F3N3OS. The Morgan fingerprint density at radius 3 is 2.90 bits per heavy atom. The van der Waals surface area contributed by atoms with Crippen molar-refractivity contribution in [2.45, 2.75) is 12.1 Å². The molecule has 0 aliphatic heterocycles. The average molecular weight is 303 g/mol. The molecule has 8 heteroatoms. The summed E-state index contributed by atoms with van der Waals surface area (Å²) in [5.74, 6) is -0.0733. The van der Waals surface area contributed by atoms with Crippen LogP contribution in [0.1, 0.15) is 5.69 Å². The predicted octanol–water partition coefficient (Wildman–Crippen LogP) is 2.04. The molecule has 20 heavy (non-hydrogen) atoms. The topological polar surface area (TPSA) is 46.4 Å². The fourth-order valence-corrected chi connectivity index (χ4v) is 2.13. The molecular weight excluding hydrogens is 291 g/mol. The number of halogens is 3. The first-order valence-corrected chi connectivity index (χ1v) is 6.83. The van der Waals surface area contributed by atoms with Gasteiger partial charge in [-0.1, -0.05) is 6.07 Å². The van der Waals surface area contributed by atoms with Crippen molar-refractivity contribution in [2.75, 3.05) is 12.3 Å². The molecule has 0 aliphatic carbocycles. The molecule has 0 saturated heterocycles. The van der Waals surface area contributed by atoms with Crippen LogP contribution in [0.25, 0.3) is 5.65 Å². The minimum atomic E-state index is -4.21. The standard InChI is InChI=1S/C12H12F3N3OS/c13-12(14,15)20-6-4-16-8-9-7-11(19)18-5-2-1-3-10(18)17-9/h1-3,5,7,16H,4,6,8H2. The summed E-state index contributed by atoms with van der Waals surface area (Å²) < 4.78 is 37.1. The van der Waals surface area contributed by atoms with E-state index >= 15 is 0 Å². The highest BCUT2D eigenvalue weighted by Gasteiger charge is 2.27. The van der Waals surface area contributed by atoms with Gasteiger partial charge in [-0.25, -0.2) is 4.98 Å². The smallest absolute Gasteiger partial charge is 0.310 e. The third-order valence-electron chi connectivity index (χ3n) is 2.47. The molecule has 0 atom stereocenters. The van der Waals surface area contributed by atoms with E-state index in [4.69, 9.17) is 0 Å². The van der Waals surface area contributed by atoms with Crippen molar-refractivity contribution < 1.29 is 13.2 Å².